The van der Waals surface area contributed by atoms with Gasteiger partial charge in [-0.3, -0.25) is 4.90 Å². The van der Waals surface area contributed by atoms with Gasteiger partial charge in [0.05, 0.1) is 41.4 Å². The van der Waals surface area contributed by atoms with Crippen molar-refractivity contribution in [2.45, 2.75) is 50.7 Å². The van der Waals surface area contributed by atoms with E-state index >= 15 is 0 Å². The van der Waals surface area contributed by atoms with Gasteiger partial charge in [-0.2, -0.15) is 31.3 Å². The van der Waals surface area contributed by atoms with Crippen molar-refractivity contribution >= 4 is 46.7 Å². The number of hydrogen-bond donors (Lipinski definition) is 0. The maximum Gasteiger partial charge on any atom is 0.416 e. The van der Waals surface area contributed by atoms with Gasteiger partial charge in [0.2, 0.25) is 11.2 Å². The number of anilines is 3. The van der Waals surface area contributed by atoms with E-state index in [0.717, 1.165) is 0 Å². The minimum Gasteiger partial charge on any atom is -0.350 e. The molecule has 2 aromatic heterocycles. The Hall–Kier alpha value is -3.59. The molecule has 9 nitrogen and oxygen atoms in total. The van der Waals surface area contributed by atoms with Crippen molar-refractivity contribution < 1.29 is 31.1 Å². The molecule has 0 spiro atoms. The Morgan fingerprint density at radius 2 is 1.59 bits per heavy atom. The summed E-state index contributed by atoms with van der Waals surface area (Å²) >= 11 is 12.4. The van der Waals surface area contributed by atoms with Crippen molar-refractivity contribution in [2.24, 2.45) is 0 Å². The third-order valence-corrected chi connectivity index (χ3v) is 8.13. The van der Waals surface area contributed by atoms with Gasteiger partial charge in [0.25, 0.3) is 0 Å². The molecule has 3 aromatic rings. The highest BCUT2D eigenvalue weighted by Crippen LogP contribution is 2.38. The Labute approximate surface area is 258 Å². The summed E-state index contributed by atoms with van der Waals surface area (Å²) in [6.07, 6.45) is -4.79. The predicted octanol–water partition coefficient (Wildman–Crippen LogP) is 6.55. The van der Waals surface area contributed by atoms with Crippen molar-refractivity contribution in [1.29, 1.82) is 0 Å². The van der Waals surface area contributed by atoms with Gasteiger partial charge in [-0.1, -0.05) is 18.5 Å². The first-order valence-corrected chi connectivity index (χ1v) is 14.3. The lowest BCUT2D eigenvalue weighted by Crippen LogP contribution is -2.39. The number of carbonyl (C=O) groups excluding carboxylic acids is 1. The van der Waals surface area contributed by atoms with Gasteiger partial charge in [-0.25, -0.2) is 19.7 Å². The molecule has 2 atom stereocenters. The number of urea groups is 1. The first-order valence-electron chi connectivity index (χ1n) is 13.5. The summed E-state index contributed by atoms with van der Waals surface area (Å²) in [6, 6.07) is 0.587. The number of aromatic nitrogens is 4. The van der Waals surface area contributed by atoms with Gasteiger partial charge in [-0.05, 0) is 48.2 Å². The molecule has 0 aliphatic carbocycles. The van der Waals surface area contributed by atoms with Crippen LogP contribution in [0.4, 0.5) is 48.6 Å². The number of benzene rings is 1. The Balaban J connectivity index is 1.54. The van der Waals surface area contributed by atoms with Crippen LogP contribution in [0.25, 0.3) is 0 Å². The molecule has 4 heterocycles. The SMILES string of the molecule is CCC1CC(N(Cc2cc(C(F)(F)F)cc(C(F)(F)F)c2)c2ncc(N3CCN(C)C3=O)cn2)CN1c1nc(Cl)ncc1Cl. The summed E-state index contributed by atoms with van der Waals surface area (Å²) in [5, 5.41) is 0.192. The van der Waals surface area contributed by atoms with Crippen molar-refractivity contribution in [1.82, 2.24) is 24.8 Å². The van der Waals surface area contributed by atoms with Crippen LogP contribution in [0.15, 0.2) is 36.8 Å². The molecule has 2 aliphatic heterocycles. The molecule has 1 aromatic carbocycles. The molecule has 17 heteroatoms. The molecule has 2 aliphatic rings. The van der Waals surface area contributed by atoms with E-state index in [2.05, 4.69) is 19.9 Å². The van der Waals surface area contributed by atoms with Crippen LogP contribution in [0.5, 0.6) is 0 Å². The third-order valence-electron chi connectivity index (χ3n) is 7.68. The van der Waals surface area contributed by atoms with E-state index < -0.39 is 29.5 Å². The summed E-state index contributed by atoms with van der Waals surface area (Å²) < 4.78 is 82.0. The lowest BCUT2D eigenvalue weighted by atomic mass is 10.0. The fraction of sp³-hybridized carbons (Fsp3) is 0.444. The van der Waals surface area contributed by atoms with Crippen LogP contribution >= 0.6 is 23.2 Å². The number of hydrogen-bond acceptors (Lipinski definition) is 7. The number of alkyl halides is 6. The number of carbonyl (C=O) groups is 1. The van der Waals surface area contributed by atoms with Crippen LogP contribution in [0.1, 0.15) is 36.5 Å². The van der Waals surface area contributed by atoms with E-state index in [1.807, 2.05) is 11.8 Å². The summed E-state index contributed by atoms with van der Waals surface area (Å²) in [5.41, 5.74) is -2.66. The predicted molar refractivity (Wildman–Crippen MR) is 152 cm³/mol. The van der Waals surface area contributed by atoms with Gasteiger partial charge in [0.15, 0.2) is 5.82 Å². The smallest absolute Gasteiger partial charge is 0.350 e. The summed E-state index contributed by atoms with van der Waals surface area (Å²) in [7, 11) is 1.65. The monoisotopic (exact) mass is 662 g/mol. The van der Waals surface area contributed by atoms with Crippen LogP contribution in [0.2, 0.25) is 10.3 Å². The molecule has 2 amide bonds. The van der Waals surface area contributed by atoms with Crippen LogP contribution in [0, 0.1) is 0 Å². The molecule has 0 N–H and O–H groups in total. The highest BCUT2D eigenvalue weighted by molar-refractivity contribution is 6.33. The number of rotatable bonds is 7. The third kappa shape index (κ3) is 6.58. The second-order valence-electron chi connectivity index (χ2n) is 10.6. The fourth-order valence-electron chi connectivity index (χ4n) is 5.46. The van der Waals surface area contributed by atoms with Gasteiger partial charge in [-0.15, -0.1) is 0 Å². The number of amides is 2. The molecule has 5 rings (SSSR count). The van der Waals surface area contributed by atoms with Gasteiger partial charge in [0, 0.05) is 39.3 Å². The lowest BCUT2D eigenvalue weighted by molar-refractivity contribution is -0.143. The summed E-state index contributed by atoms with van der Waals surface area (Å²) in [6.45, 7) is 2.70. The van der Waals surface area contributed by atoms with Crippen molar-refractivity contribution in [3.05, 3.63) is 63.8 Å². The molecule has 2 unspecified atom stereocenters. The zero-order chi connectivity index (χ0) is 32.0. The van der Waals surface area contributed by atoms with Gasteiger partial charge in [0.1, 0.15) is 5.02 Å². The number of likely N-dealkylation sites (N-methyl/N-ethyl adjacent to an activating group) is 1. The maximum absolute atomic E-state index is 13.7. The molecule has 0 bridgehead atoms. The van der Waals surface area contributed by atoms with E-state index in [1.54, 1.807) is 11.9 Å². The minimum atomic E-state index is -5.01. The Bertz CT molecular complexity index is 1490. The molecular weight excluding hydrogens is 637 g/mol. The van der Waals surface area contributed by atoms with Crippen molar-refractivity contribution in [3.8, 4) is 0 Å². The first kappa shape index (κ1) is 31.8. The highest BCUT2D eigenvalue weighted by atomic mass is 35.5. The fourth-order valence-corrected chi connectivity index (χ4v) is 5.79. The van der Waals surface area contributed by atoms with Crippen molar-refractivity contribution in [2.75, 3.05) is 41.4 Å². The lowest BCUT2D eigenvalue weighted by Gasteiger charge is -2.30. The largest absolute Gasteiger partial charge is 0.416 e. The quantitative estimate of drug-likeness (QED) is 0.210. The van der Waals surface area contributed by atoms with E-state index in [1.165, 1.54) is 28.4 Å². The number of nitrogens with zero attached hydrogens (tertiary/aromatic N) is 8. The zero-order valence-corrected chi connectivity index (χ0v) is 24.9. The first-order chi connectivity index (χ1) is 20.7. The second kappa shape index (κ2) is 12.1. The molecule has 2 fully saturated rings. The summed E-state index contributed by atoms with van der Waals surface area (Å²) in [4.78, 5) is 35.9. The van der Waals surface area contributed by atoms with Crippen LogP contribution in [-0.2, 0) is 18.9 Å². The second-order valence-corrected chi connectivity index (χ2v) is 11.3. The average Bonchev–Trinajstić information content (AvgIpc) is 3.55. The van der Waals surface area contributed by atoms with Gasteiger partial charge >= 0.3 is 18.4 Å². The van der Waals surface area contributed by atoms with Crippen LogP contribution in [0.3, 0.4) is 0 Å². The average molecular weight is 663 g/mol. The van der Waals surface area contributed by atoms with Gasteiger partial charge < -0.3 is 14.7 Å². The number of halogens is 8. The van der Waals surface area contributed by atoms with E-state index in [9.17, 15) is 31.1 Å². The van der Waals surface area contributed by atoms with E-state index in [0.29, 0.717) is 49.6 Å². The maximum atomic E-state index is 13.7. The molecule has 2 saturated heterocycles. The molecule has 0 radical (unpaired) electrons. The zero-order valence-electron chi connectivity index (χ0n) is 23.4. The summed E-state index contributed by atoms with van der Waals surface area (Å²) in [5.74, 6) is 0.417. The topological polar surface area (TPSA) is 81.6 Å². The van der Waals surface area contributed by atoms with Crippen molar-refractivity contribution in [3.63, 3.8) is 0 Å². The highest BCUT2D eigenvalue weighted by Gasteiger charge is 2.40. The molecule has 44 heavy (non-hydrogen) atoms. The normalized spacial score (nSPS) is 19.3. The molecular formula is C27H26Cl2F6N8O. The Morgan fingerprint density at radius 1 is 0.955 bits per heavy atom. The van der Waals surface area contributed by atoms with E-state index in [-0.39, 0.29) is 53.0 Å². The van der Waals surface area contributed by atoms with E-state index in [4.69, 9.17) is 23.2 Å². The molecule has 236 valence electrons. The van der Waals surface area contributed by atoms with Crippen LogP contribution in [-0.4, -0.2) is 69.6 Å². The standard InChI is InChI=1S/C27H26Cl2F6N8O/c1-3-18-9-19(14-42(18)22-21(28)12-36-23(29)39-22)43(24-37-10-20(11-38-24)41-5-4-40(2)25(41)44)13-15-6-16(26(30,31)32)8-17(7-15)27(33,34)35/h6-8,10-12,18-19H,3-5,9,13-14H2,1-2H3. The Kier molecular flexibility index (Phi) is 8.73. The molecule has 0 saturated carbocycles. The Morgan fingerprint density at radius 3 is 2.14 bits per heavy atom. The minimum absolute atomic E-state index is 0.0377. The van der Waals surface area contributed by atoms with Crippen LogP contribution < -0.4 is 14.7 Å².